The topological polar surface area (TPSA) is 36.4 Å². The Hall–Kier alpha value is -1.46. The maximum absolute atomic E-state index is 12.6. The Morgan fingerprint density at radius 2 is 2.30 bits per heavy atom. The number of fused-ring (bicyclic) bond motifs is 1. The van der Waals surface area contributed by atoms with Gasteiger partial charge < -0.3 is 9.80 Å². The summed E-state index contributed by atoms with van der Waals surface area (Å²) in [5.74, 6) is 0.150. The van der Waals surface area contributed by atoms with E-state index in [-0.39, 0.29) is 5.91 Å². The van der Waals surface area contributed by atoms with Gasteiger partial charge in [0.25, 0.3) is 5.91 Å². The van der Waals surface area contributed by atoms with Crippen molar-refractivity contribution in [3.63, 3.8) is 0 Å². The van der Waals surface area contributed by atoms with Crippen LogP contribution < -0.4 is 0 Å². The van der Waals surface area contributed by atoms with Crippen molar-refractivity contribution in [3.8, 4) is 0 Å². The molecule has 5 heteroatoms. The van der Waals surface area contributed by atoms with E-state index in [9.17, 15) is 4.79 Å². The summed E-state index contributed by atoms with van der Waals surface area (Å²) in [6, 6.07) is 4.40. The molecule has 4 nitrogen and oxygen atoms in total. The zero-order valence-electron chi connectivity index (χ0n) is 12.1. The highest BCUT2D eigenvalue weighted by molar-refractivity contribution is 7.20. The van der Waals surface area contributed by atoms with E-state index in [4.69, 9.17) is 0 Å². The summed E-state index contributed by atoms with van der Waals surface area (Å²) in [4.78, 5) is 21.9. The molecule has 2 aromatic rings. The van der Waals surface area contributed by atoms with E-state index in [1.807, 2.05) is 17.0 Å². The smallest absolute Gasteiger partial charge is 0.264 e. The van der Waals surface area contributed by atoms with Gasteiger partial charge in [-0.25, -0.2) is 0 Å². The molecule has 106 valence electrons. The molecule has 0 saturated carbocycles. The fourth-order valence-corrected chi connectivity index (χ4v) is 3.73. The zero-order chi connectivity index (χ0) is 14.3. The van der Waals surface area contributed by atoms with E-state index in [1.54, 1.807) is 17.5 Å². The van der Waals surface area contributed by atoms with Gasteiger partial charge in [-0.15, -0.1) is 11.3 Å². The fraction of sp³-hybridized carbons (Fsp3) is 0.467. The van der Waals surface area contributed by atoms with Gasteiger partial charge in [-0.05, 0) is 45.1 Å². The number of nitrogens with zero attached hydrogens (tertiary/aromatic N) is 3. The van der Waals surface area contributed by atoms with Crippen molar-refractivity contribution in [1.82, 2.24) is 14.8 Å². The average Bonchev–Trinajstić information content (AvgIpc) is 3.05. The van der Waals surface area contributed by atoms with Gasteiger partial charge in [0, 0.05) is 25.3 Å². The monoisotopic (exact) mass is 289 g/mol. The van der Waals surface area contributed by atoms with Crippen LogP contribution in [0.1, 0.15) is 21.7 Å². The quantitative estimate of drug-likeness (QED) is 0.851. The van der Waals surface area contributed by atoms with Gasteiger partial charge in [-0.1, -0.05) is 0 Å². The molecule has 20 heavy (non-hydrogen) atoms. The molecule has 1 atom stereocenters. The van der Waals surface area contributed by atoms with Crippen LogP contribution in [0.2, 0.25) is 0 Å². The third-order valence-corrected chi connectivity index (χ3v) is 5.25. The Balaban J connectivity index is 1.84. The molecule has 0 aromatic carbocycles. The van der Waals surface area contributed by atoms with Crippen molar-refractivity contribution in [2.24, 2.45) is 0 Å². The first-order chi connectivity index (χ1) is 9.56. The predicted molar refractivity (Wildman–Crippen MR) is 82.4 cm³/mol. The predicted octanol–water partition coefficient (Wildman–Crippen LogP) is 2.38. The summed E-state index contributed by atoms with van der Waals surface area (Å²) in [6.45, 7) is 3.74. The summed E-state index contributed by atoms with van der Waals surface area (Å²) < 4.78 is 1.12. The number of likely N-dealkylation sites (tertiary alicyclic amines) is 1. The molecule has 2 aromatic heterocycles. The van der Waals surface area contributed by atoms with Crippen LogP contribution >= 0.6 is 11.3 Å². The van der Waals surface area contributed by atoms with Crippen LogP contribution in [0.15, 0.2) is 18.3 Å². The number of aromatic nitrogens is 1. The number of carbonyl (C=O) groups is 1. The maximum Gasteiger partial charge on any atom is 0.264 e. The molecular weight excluding hydrogens is 270 g/mol. The van der Waals surface area contributed by atoms with Gasteiger partial charge >= 0.3 is 0 Å². The van der Waals surface area contributed by atoms with Crippen molar-refractivity contribution in [2.75, 3.05) is 27.2 Å². The van der Waals surface area contributed by atoms with Gasteiger partial charge in [0.15, 0.2) is 0 Å². The first-order valence-electron chi connectivity index (χ1n) is 6.87. The number of thiophene rings is 1. The van der Waals surface area contributed by atoms with E-state index in [0.29, 0.717) is 6.04 Å². The molecule has 0 bridgehead atoms. The van der Waals surface area contributed by atoms with Crippen LogP contribution in [0.3, 0.4) is 0 Å². The van der Waals surface area contributed by atoms with Gasteiger partial charge in [-0.2, -0.15) is 0 Å². The Morgan fingerprint density at radius 1 is 1.50 bits per heavy atom. The summed E-state index contributed by atoms with van der Waals surface area (Å²) in [5, 5.41) is 0. The van der Waals surface area contributed by atoms with E-state index >= 15 is 0 Å². The lowest BCUT2D eigenvalue weighted by Crippen LogP contribution is -2.34. The number of likely N-dealkylation sites (N-methyl/N-ethyl adjacent to an activating group) is 1. The molecule has 0 aliphatic carbocycles. The molecule has 1 aliphatic rings. The summed E-state index contributed by atoms with van der Waals surface area (Å²) in [5.41, 5.74) is 2.12. The number of amides is 1. The second-order valence-electron chi connectivity index (χ2n) is 5.61. The van der Waals surface area contributed by atoms with E-state index in [0.717, 1.165) is 34.6 Å². The highest BCUT2D eigenvalue weighted by Gasteiger charge is 2.29. The number of carbonyl (C=O) groups excluding carboxylic acids is 1. The van der Waals surface area contributed by atoms with Crippen molar-refractivity contribution >= 4 is 27.5 Å². The Bertz CT molecular complexity index is 650. The highest BCUT2D eigenvalue weighted by Crippen LogP contribution is 2.28. The molecule has 1 aliphatic heterocycles. The number of pyridine rings is 1. The molecule has 3 heterocycles. The first kappa shape index (κ1) is 13.5. The number of hydrogen-bond acceptors (Lipinski definition) is 4. The minimum absolute atomic E-state index is 0.150. The summed E-state index contributed by atoms with van der Waals surface area (Å²) in [6.07, 6.45) is 2.86. The van der Waals surface area contributed by atoms with Crippen LogP contribution in [-0.2, 0) is 0 Å². The second-order valence-corrected chi connectivity index (χ2v) is 6.66. The molecule has 1 amide bonds. The van der Waals surface area contributed by atoms with Gasteiger partial charge in [0.2, 0.25) is 0 Å². The summed E-state index contributed by atoms with van der Waals surface area (Å²) in [7, 11) is 4.15. The fourth-order valence-electron chi connectivity index (χ4n) is 2.67. The van der Waals surface area contributed by atoms with Crippen LogP contribution in [0.4, 0.5) is 0 Å². The molecule has 0 radical (unpaired) electrons. The molecule has 0 N–H and O–H groups in total. The van der Waals surface area contributed by atoms with Crippen LogP contribution in [0.5, 0.6) is 0 Å². The van der Waals surface area contributed by atoms with Gasteiger partial charge in [-0.3, -0.25) is 9.78 Å². The van der Waals surface area contributed by atoms with Crippen molar-refractivity contribution in [3.05, 3.63) is 28.8 Å². The maximum atomic E-state index is 12.6. The van der Waals surface area contributed by atoms with Crippen LogP contribution in [0.25, 0.3) is 10.2 Å². The van der Waals surface area contributed by atoms with Crippen molar-refractivity contribution in [1.29, 1.82) is 0 Å². The number of hydrogen-bond donors (Lipinski definition) is 0. The van der Waals surface area contributed by atoms with Crippen molar-refractivity contribution in [2.45, 2.75) is 19.4 Å². The highest BCUT2D eigenvalue weighted by atomic mass is 32.1. The molecule has 1 fully saturated rings. The van der Waals surface area contributed by atoms with E-state index in [1.165, 1.54) is 5.56 Å². The van der Waals surface area contributed by atoms with E-state index in [2.05, 4.69) is 30.9 Å². The molecule has 0 spiro atoms. The Kier molecular flexibility index (Phi) is 3.48. The lowest BCUT2D eigenvalue weighted by atomic mass is 10.2. The van der Waals surface area contributed by atoms with E-state index < -0.39 is 0 Å². The Labute approximate surface area is 123 Å². The lowest BCUT2D eigenvalue weighted by molar-refractivity contribution is 0.0788. The van der Waals surface area contributed by atoms with Gasteiger partial charge in [0.1, 0.15) is 0 Å². The third-order valence-electron chi connectivity index (χ3n) is 4.00. The molecule has 0 unspecified atom stereocenters. The zero-order valence-corrected chi connectivity index (χ0v) is 12.9. The lowest BCUT2D eigenvalue weighted by Gasteiger charge is -2.19. The Morgan fingerprint density at radius 3 is 2.95 bits per heavy atom. The van der Waals surface area contributed by atoms with Crippen LogP contribution in [-0.4, -0.2) is 53.9 Å². The second kappa shape index (κ2) is 5.14. The standard InChI is InChI=1S/C15H19N3OS/c1-10-4-6-16-12-8-13(20-14(10)12)15(19)18-7-5-11(9-18)17(2)3/h4,6,8,11H,5,7,9H2,1-3H3/t11-/m1/s1. The third kappa shape index (κ3) is 2.31. The SMILES string of the molecule is Cc1ccnc2cc(C(=O)N3CC[C@@H](N(C)C)C3)sc12. The normalized spacial score (nSPS) is 19.2. The molecule has 3 rings (SSSR count). The minimum Gasteiger partial charge on any atom is -0.336 e. The summed E-state index contributed by atoms with van der Waals surface area (Å²) >= 11 is 1.56. The van der Waals surface area contributed by atoms with Crippen LogP contribution in [0, 0.1) is 6.92 Å². The van der Waals surface area contributed by atoms with Gasteiger partial charge in [0.05, 0.1) is 15.1 Å². The minimum atomic E-state index is 0.150. The number of aryl methyl sites for hydroxylation is 1. The van der Waals surface area contributed by atoms with Crippen molar-refractivity contribution < 1.29 is 4.79 Å². The largest absolute Gasteiger partial charge is 0.336 e. The average molecular weight is 289 g/mol. The molecular formula is C15H19N3OS. The first-order valence-corrected chi connectivity index (χ1v) is 7.69. The number of rotatable bonds is 2. The molecule has 1 saturated heterocycles.